The molecule has 0 aliphatic carbocycles. The highest BCUT2D eigenvalue weighted by atomic mass is 16.6. The van der Waals surface area contributed by atoms with E-state index in [0.717, 1.165) is 0 Å². The Kier molecular flexibility index (Phi) is 5.53. The summed E-state index contributed by atoms with van der Waals surface area (Å²) in [6.45, 7) is 3.36. The van der Waals surface area contributed by atoms with Gasteiger partial charge in [-0.05, 0) is 24.3 Å². The van der Waals surface area contributed by atoms with Crippen molar-refractivity contribution in [1.29, 1.82) is 0 Å². The Morgan fingerprint density at radius 1 is 0.758 bits per heavy atom. The highest BCUT2D eigenvalue weighted by Crippen LogP contribution is 2.34. The van der Waals surface area contributed by atoms with Crippen LogP contribution in [0.15, 0.2) is 48.5 Å². The summed E-state index contributed by atoms with van der Waals surface area (Å²) in [5.74, 6) is 1.22. The number of amides is 3. The number of hydrogen-bond donors (Lipinski definition) is 0. The molecule has 1 saturated heterocycles. The summed E-state index contributed by atoms with van der Waals surface area (Å²) in [6, 6.07) is 14.5. The Labute approximate surface area is 191 Å². The average Bonchev–Trinajstić information content (AvgIpc) is 2.86. The van der Waals surface area contributed by atoms with E-state index < -0.39 is 12.2 Å². The summed E-state index contributed by atoms with van der Waals surface area (Å²) in [5.41, 5.74) is 0.667. The molecule has 9 nitrogen and oxygen atoms in total. The molecule has 3 aliphatic heterocycles. The van der Waals surface area contributed by atoms with Gasteiger partial charge in [-0.15, -0.1) is 0 Å². The number of rotatable bonds is 2. The Morgan fingerprint density at radius 3 is 1.97 bits per heavy atom. The van der Waals surface area contributed by atoms with E-state index in [2.05, 4.69) is 0 Å². The zero-order chi connectivity index (χ0) is 22.9. The Morgan fingerprint density at radius 2 is 1.30 bits per heavy atom. The molecule has 0 N–H and O–H groups in total. The lowest BCUT2D eigenvalue weighted by Crippen LogP contribution is -2.58. The maximum Gasteiger partial charge on any atom is 0.267 e. The quantitative estimate of drug-likeness (QED) is 0.684. The lowest BCUT2D eigenvalue weighted by molar-refractivity contribution is -0.148. The lowest BCUT2D eigenvalue weighted by atomic mass is 10.1. The van der Waals surface area contributed by atoms with Crippen molar-refractivity contribution in [2.24, 2.45) is 0 Å². The number of nitrogens with zero attached hydrogens (tertiary/aromatic N) is 3. The maximum absolute atomic E-state index is 13.2. The van der Waals surface area contributed by atoms with Crippen LogP contribution in [0.3, 0.4) is 0 Å². The van der Waals surface area contributed by atoms with E-state index in [1.165, 1.54) is 6.92 Å². The maximum atomic E-state index is 13.2. The number of fused-ring (bicyclic) bond motifs is 2. The first-order valence-electron chi connectivity index (χ1n) is 11.0. The van der Waals surface area contributed by atoms with Crippen LogP contribution in [0, 0.1) is 0 Å². The summed E-state index contributed by atoms with van der Waals surface area (Å²) in [6.07, 6.45) is -1.48. The van der Waals surface area contributed by atoms with E-state index in [1.807, 2.05) is 24.3 Å². The van der Waals surface area contributed by atoms with Crippen molar-refractivity contribution >= 4 is 23.4 Å². The molecule has 0 saturated carbocycles. The van der Waals surface area contributed by atoms with Crippen LogP contribution in [0.5, 0.6) is 17.2 Å². The second-order valence-corrected chi connectivity index (χ2v) is 8.22. The molecule has 2 atom stereocenters. The van der Waals surface area contributed by atoms with Gasteiger partial charge in [-0.2, -0.15) is 0 Å². The molecule has 0 radical (unpaired) electrons. The van der Waals surface area contributed by atoms with Gasteiger partial charge in [-0.25, -0.2) is 0 Å². The highest BCUT2D eigenvalue weighted by molar-refractivity contribution is 5.96. The Bertz CT molecular complexity index is 1080. The van der Waals surface area contributed by atoms with Crippen LogP contribution in [-0.4, -0.2) is 79.1 Å². The fraction of sp³-hybridized carbons (Fsp3) is 0.375. The second-order valence-electron chi connectivity index (χ2n) is 8.22. The van der Waals surface area contributed by atoms with E-state index >= 15 is 0 Å². The molecule has 3 aliphatic rings. The van der Waals surface area contributed by atoms with Crippen LogP contribution in [-0.2, 0) is 14.4 Å². The number of anilines is 1. The van der Waals surface area contributed by atoms with E-state index in [4.69, 9.17) is 14.2 Å². The Hall–Kier alpha value is -3.75. The van der Waals surface area contributed by atoms with Gasteiger partial charge in [0.15, 0.2) is 17.6 Å². The second kappa shape index (κ2) is 8.65. The standard InChI is InChI=1S/C24H25N3O6/c1-16(28)27-14-21(32-18-7-3-2-6-17(18)27)23(29)25-10-12-26(13-11-25)24(30)22-15-31-19-8-4-5-9-20(19)33-22/h2-9,21-22H,10-15H2,1H3/t21-,22+/m0/s1. The van der Waals surface area contributed by atoms with Crippen LogP contribution in [0.1, 0.15) is 6.92 Å². The molecule has 1 fully saturated rings. The SMILES string of the molecule is CC(=O)N1C[C@@H](C(=O)N2CCN(C(=O)[C@H]3COc4ccccc4O3)CC2)Oc2ccccc21. The number of carbonyl (C=O) groups is 3. The third-order valence-electron chi connectivity index (χ3n) is 6.12. The zero-order valence-electron chi connectivity index (χ0n) is 18.3. The van der Waals surface area contributed by atoms with E-state index in [9.17, 15) is 14.4 Å². The third kappa shape index (κ3) is 4.06. The minimum Gasteiger partial charge on any atom is -0.485 e. The number of piperazine rings is 1. The molecule has 3 amide bonds. The average molecular weight is 451 g/mol. The van der Waals surface area contributed by atoms with Crippen LogP contribution >= 0.6 is 0 Å². The smallest absolute Gasteiger partial charge is 0.267 e. The molecule has 172 valence electrons. The van der Waals surface area contributed by atoms with Gasteiger partial charge in [0.2, 0.25) is 12.0 Å². The van der Waals surface area contributed by atoms with Crippen molar-refractivity contribution in [2.45, 2.75) is 19.1 Å². The molecule has 0 unspecified atom stereocenters. The van der Waals surface area contributed by atoms with E-state index in [1.54, 1.807) is 39.0 Å². The van der Waals surface area contributed by atoms with E-state index in [0.29, 0.717) is 49.1 Å². The van der Waals surface area contributed by atoms with Crippen molar-refractivity contribution in [3.05, 3.63) is 48.5 Å². The predicted octanol–water partition coefficient (Wildman–Crippen LogP) is 1.31. The van der Waals surface area contributed by atoms with Crippen molar-refractivity contribution in [3.63, 3.8) is 0 Å². The normalized spacial score (nSPS) is 21.7. The molecule has 3 heterocycles. The first kappa shape index (κ1) is 21.1. The van der Waals surface area contributed by atoms with Crippen LogP contribution in [0.2, 0.25) is 0 Å². The zero-order valence-corrected chi connectivity index (χ0v) is 18.3. The molecular weight excluding hydrogens is 426 g/mol. The largest absolute Gasteiger partial charge is 0.485 e. The van der Waals surface area contributed by atoms with Gasteiger partial charge in [-0.3, -0.25) is 14.4 Å². The number of hydrogen-bond acceptors (Lipinski definition) is 6. The molecule has 0 spiro atoms. The van der Waals surface area contributed by atoms with Crippen molar-refractivity contribution in [2.75, 3.05) is 44.2 Å². The molecular formula is C24H25N3O6. The number of para-hydroxylation sites is 4. The molecule has 0 bridgehead atoms. The van der Waals surface area contributed by atoms with Crippen LogP contribution in [0.25, 0.3) is 0 Å². The third-order valence-corrected chi connectivity index (χ3v) is 6.12. The molecule has 5 rings (SSSR count). The first-order chi connectivity index (χ1) is 16.0. The fourth-order valence-electron chi connectivity index (χ4n) is 4.36. The van der Waals surface area contributed by atoms with Gasteiger partial charge in [0, 0.05) is 33.1 Å². The molecule has 9 heteroatoms. The highest BCUT2D eigenvalue weighted by Gasteiger charge is 2.38. The summed E-state index contributed by atoms with van der Waals surface area (Å²) < 4.78 is 17.4. The minimum absolute atomic E-state index is 0.143. The summed E-state index contributed by atoms with van der Waals surface area (Å²) in [7, 11) is 0. The number of benzene rings is 2. The number of ether oxygens (including phenoxy) is 3. The Balaban J connectivity index is 1.20. The molecule has 2 aromatic rings. The summed E-state index contributed by atoms with van der Waals surface area (Å²) in [4.78, 5) is 43.2. The van der Waals surface area contributed by atoms with Crippen molar-refractivity contribution in [3.8, 4) is 17.2 Å². The fourth-order valence-corrected chi connectivity index (χ4v) is 4.36. The van der Waals surface area contributed by atoms with Crippen LogP contribution in [0.4, 0.5) is 5.69 Å². The van der Waals surface area contributed by atoms with Crippen molar-refractivity contribution < 1.29 is 28.6 Å². The van der Waals surface area contributed by atoms with Gasteiger partial charge in [0.25, 0.3) is 11.8 Å². The van der Waals surface area contributed by atoms with Crippen molar-refractivity contribution in [1.82, 2.24) is 9.80 Å². The van der Waals surface area contributed by atoms with Gasteiger partial charge in [0.1, 0.15) is 12.4 Å². The van der Waals surface area contributed by atoms with Crippen LogP contribution < -0.4 is 19.1 Å². The topological polar surface area (TPSA) is 88.6 Å². The monoisotopic (exact) mass is 451 g/mol. The summed E-state index contributed by atoms with van der Waals surface area (Å²) in [5, 5.41) is 0. The number of carbonyl (C=O) groups excluding carboxylic acids is 3. The van der Waals surface area contributed by atoms with Gasteiger partial charge < -0.3 is 28.9 Å². The van der Waals surface area contributed by atoms with Gasteiger partial charge in [-0.1, -0.05) is 24.3 Å². The minimum atomic E-state index is -0.780. The predicted molar refractivity (Wildman–Crippen MR) is 118 cm³/mol. The molecule has 2 aromatic carbocycles. The molecule has 0 aromatic heterocycles. The molecule has 33 heavy (non-hydrogen) atoms. The van der Waals surface area contributed by atoms with Gasteiger partial charge in [0.05, 0.1) is 12.2 Å². The lowest BCUT2D eigenvalue weighted by Gasteiger charge is -2.40. The first-order valence-corrected chi connectivity index (χ1v) is 11.0. The van der Waals surface area contributed by atoms with E-state index in [-0.39, 0.29) is 30.9 Å². The van der Waals surface area contributed by atoms with Gasteiger partial charge >= 0.3 is 0 Å². The summed E-state index contributed by atoms with van der Waals surface area (Å²) >= 11 is 0.